The molecule has 1 aliphatic heterocycles. The molecule has 3 nitrogen and oxygen atoms in total. The van der Waals surface area contributed by atoms with E-state index in [1.807, 2.05) is 0 Å². The van der Waals surface area contributed by atoms with Gasteiger partial charge in [-0.2, -0.15) is 0 Å². The Morgan fingerprint density at radius 1 is 1.33 bits per heavy atom. The maximum atomic E-state index is 5.93. The zero-order chi connectivity index (χ0) is 13.1. The monoisotopic (exact) mass is 248 g/mol. The van der Waals surface area contributed by atoms with Gasteiger partial charge in [0.2, 0.25) is 0 Å². The fraction of sp³-hybridized carbons (Fsp3) is 0.600. The van der Waals surface area contributed by atoms with Crippen LogP contribution in [0.4, 0.5) is 5.69 Å². The van der Waals surface area contributed by atoms with Gasteiger partial charge in [0.25, 0.3) is 0 Å². The number of hydrogen-bond donors (Lipinski definition) is 1. The standard InChI is InChI=1S/C15H24N2O/c1-11-4-5-12(2)15(8-11)17-9-13(3)18-14(10-17)6-7-16/h4-5,8,13-14H,6-7,9-10,16H2,1-3H3. The van der Waals surface area contributed by atoms with E-state index in [-0.39, 0.29) is 12.2 Å². The molecule has 0 amide bonds. The van der Waals surface area contributed by atoms with Crippen LogP contribution in [0.25, 0.3) is 0 Å². The molecule has 0 saturated carbocycles. The van der Waals surface area contributed by atoms with Gasteiger partial charge >= 0.3 is 0 Å². The van der Waals surface area contributed by atoms with Crippen molar-refractivity contribution < 1.29 is 4.74 Å². The number of nitrogens with two attached hydrogens (primary N) is 1. The van der Waals surface area contributed by atoms with Crippen LogP contribution in [0.1, 0.15) is 24.5 Å². The maximum Gasteiger partial charge on any atom is 0.0766 e. The average Bonchev–Trinajstić information content (AvgIpc) is 2.32. The van der Waals surface area contributed by atoms with Crippen LogP contribution in [0.5, 0.6) is 0 Å². The molecule has 18 heavy (non-hydrogen) atoms. The van der Waals surface area contributed by atoms with Crippen molar-refractivity contribution in [1.29, 1.82) is 0 Å². The van der Waals surface area contributed by atoms with E-state index in [9.17, 15) is 0 Å². The van der Waals surface area contributed by atoms with Gasteiger partial charge in [0, 0.05) is 18.8 Å². The molecule has 3 heteroatoms. The van der Waals surface area contributed by atoms with Crippen LogP contribution in [0, 0.1) is 13.8 Å². The van der Waals surface area contributed by atoms with Crippen molar-refractivity contribution in [1.82, 2.24) is 0 Å². The Balaban J connectivity index is 2.18. The summed E-state index contributed by atoms with van der Waals surface area (Å²) in [6.07, 6.45) is 1.47. The first-order chi connectivity index (χ1) is 8.60. The van der Waals surface area contributed by atoms with Crippen molar-refractivity contribution in [3.05, 3.63) is 29.3 Å². The van der Waals surface area contributed by atoms with E-state index in [1.54, 1.807) is 0 Å². The highest BCUT2D eigenvalue weighted by Gasteiger charge is 2.25. The van der Waals surface area contributed by atoms with Crippen LogP contribution in [0.15, 0.2) is 18.2 Å². The van der Waals surface area contributed by atoms with Crippen molar-refractivity contribution in [3.8, 4) is 0 Å². The zero-order valence-electron chi connectivity index (χ0n) is 11.6. The third-order valence-corrected chi connectivity index (χ3v) is 3.52. The Hall–Kier alpha value is -1.06. The van der Waals surface area contributed by atoms with Gasteiger partial charge in [-0.1, -0.05) is 12.1 Å². The summed E-state index contributed by atoms with van der Waals surface area (Å²) in [5, 5.41) is 0. The molecule has 0 spiro atoms. The zero-order valence-corrected chi connectivity index (χ0v) is 11.6. The summed E-state index contributed by atoms with van der Waals surface area (Å²) in [5.41, 5.74) is 9.63. The lowest BCUT2D eigenvalue weighted by atomic mass is 10.1. The van der Waals surface area contributed by atoms with E-state index in [1.165, 1.54) is 16.8 Å². The van der Waals surface area contributed by atoms with Crippen molar-refractivity contribution in [3.63, 3.8) is 0 Å². The molecular weight excluding hydrogens is 224 g/mol. The highest BCUT2D eigenvalue weighted by Crippen LogP contribution is 2.25. The van der Waals surface area contributed by atoms with Crippen molar-refractivity contribution in [2.45, 2.75) is 39.4 Å². The van der Waals surface area contributed by atoms with E-state index in [4.69, 9.17) is 10.5 Å². The topological polar surface area (TPSA) is 38.5 Å². The summed E-state index contributed by atoms with van der Waals surface area (Å²) < 4.78 is 5.93. The first-order valence-electron chi connectivity index (χ1n) is 6.78. The quantitative estimate of drug-likeness (QED) is 0.891. The van der Waals surface area contributed by atoms with Crippen LogP contribution >= 0.6 is 0 Å². The molecule has 1 heterocycles. The summed E-state index contributed by atoms with van der Waals surface area (Å²) in [4.78, 5) is 2.44. The van der Waals surface area contributed by atoms with Crippen LogP contribution in [-0.4, -0.2) is 31.8 Å². The minimum atomic E-state index is 0.263. The predicted molar refractivity (Wildman–Crippen MR) is 76.1 cm³/mol. The number of morpholine rings is 1. The minimum Gasteiger partial charge on any atom is -0.372 e. The van der Waals surface area contributed by atoms with Gasteiger partial charge in [0.15, 0.2) is 0 Å². The molecule has 1 aromatic rings. The molecule has 2 atom stereocenters. The summed E-state index contributed by atoms with van der Waals surface area (Å²) in [6.45, 7) is 9.06. The second-order valence-electron chi connectivity index (χ2n) is 5.34. The van der Waals surface area contributed by atoms with Crippen molar-refractivity contribution in [2.75, 3.05) is 24.5 Å². The Morgan fingerprint density at radius 2 is 2.11 bits per heavy atom. The number of nitrogens with zero attached hydrogens (tertiary/aromatic N) is 1. The highest BCUT2D eigenvalue weighted by atomic mass is 16.5. The smallest absolute Gasteiger partial charge is 0.0766 e. The van der Waals surface area contributed by atoms with Crippen molar-refractivity contribution >= 4 is 5.69 Å². The number of aryl methyl sites for hydroxylation is 2. The van der Waals surface area contributed by atoms with Crippen LogP contribution < -0.4 is 10.6 Å². The lowest BCUT2D eigenvalue weighted by Gasteiger charge is -2.39. The van der Waals surface area contributed by atoms with E-state index in [2.05, 4.69) is 43.9 Å². The van der Waals surface area contributed by atoms with Crippen LogP contribution in [-0.2, 0) is 4.74 Å². The van der Waals surface area contributed by atoms with Crippen LogP contribution in [0.2, 0.25) is 0 Å². The van der Waals surface area contributed by atoms with E-state index in [0.29, 0.717) is 6.54 Å². The number of benzene rings is 1. The summed E-state index contributed by atoms with van der Waals surface area (Å²) >= 11 is 0. The number of hydrogen-bond acceptors (Lipinski definition) is 3. The Morgan fingerprint density at radius 3 is 2.83 bits per heavy atom. The Bertz CT molecular complexity index is 405. The summed E-state index contributed by atoms with van der Waals surface area (Å²) in [7, 11) is 0. The van der Waals surface area contributed by atoms with Gasteiger partial charge in [-0.15, -0.1) is 0 Å². The number of rotatable bonds is 3. The molecule has 0 bridgehead atoms. The van der Waals surface area contributed by atoms with Gasteiger partial charge in [0.05, 0.1) is 12.2 Å². The molecule has 0 aromatic heterocycles. The largest absolute Gasteiger partial charge is 0.372 e. The fourth-order valence-corrected chi connectivity index (χ4v) is 2.65. The van der Waals surface area contributed by atoms with Gasteiger partial charge in [-0.3, -0.25) is 0 Å². The molecule has 1 fully saturated rings. The number of ether oxygens (including phenoxy) is 1. The second-order valence-corrected chi connectivity index (χ2v) is 5.34. The van der Waals surface area contributed by atoms with Crippen molar-refractivity contribution in [2.24, 2.45) is 5.73 Å². The van der Waals surface area contributed by atoms with Gasteiger partial charge < -0.3 is 15.4 Å². The molecule has 100 valence electrons. The fourth-order valence-electron chi connectivity index (χ4n) is 2.65. The lowest BCUT2D eigenvalue weighted by Crippen LogP contribution is -2.47. The molecule has 1 aromatic carbocycles. The third-order valence-electron chi connectivity index (χ3n) is 3.52. The molecule has 0 radical (unpaired) electrons. The first kappa shape index (κ1) is 13.4. The predicted octanol–water partition coefficient (Wildman–Crippen LogP) is 2.25. The normalized spacial score (nSPS) is 24.3. The summed E-state index contributed by atoms with van der Waals surface area (Å²) in [5.74, 6) is 0. The van der Waals surface area contributed by atoms with E-state index in [0.717, 1.165) is 19.5 Å². The second kappa shape index (κ2) is 5.72. The van der Waals surface area contributed by atoms with Gasteiger partial charge in [0.1, 0.15) is 0 Å². The molecule has 2 N–H and O–H groups in total. The molecule has 1 saturated heterocycles. The third kappa shape index (κ3) is 3.03. The Kier molecular flexibility index (Phi) is 4.25. The molecular formula is C15H24N2O. The van der Waals surface area contributed by atoms with Gasteiger partial charge in [-0.25, -0.2) is 0 Å². The minimum absolute atomic E-state index is 0.263. The molecule has 2 unspecified atom stereocenters. The molecule has 0 aliphatic carbocycles. The maximum absolute atomic E-state index is 5.93. The SMILES string of the molecule is Cc1ccc(C)c(N2CC(C)OC(CCN)C2)c1. The first-order valence-corrected chi connectivity index (χ1v) is 6.78. The Labute approximate surface area is 110 Å². The lowest BCUT2D eigenvalue weighted by molar-refractivity contribution is -0.0184. The average molecular weight is 248 g/mol. The van der Waals surface area contributed by atoms with E-state index >= 15 is 0 Å². The van der Waals surface area contributed by atoms with Gasteiger partial charge in [-0.05, 0) is 50.9 Å². The highest BCUT2D eigenvalue weighted by molar-refractivity contribution is 5.55. The van der Waals surface area contributed by atoms with E-state index < -0.39 is 0 Å². The van der Waals surface area contributed by atoms with Crippen LogP contribution in [0.3, 0.4) is 0 Å². The summed E-state index contributed by atoms with van der Waals surface area (Å²) in [6, 6.07) is 6.63. The molecule has 1 aliphatic rings. The number of anilines is 1. The molecule has 2 rings (SSSR count).